The van der Waals surface area contributed by atoms with Crippen LogP contribution >= 0.6 is 0 Å². The van der Waals surface area contributed by atoms with Gasteiger partial charge in [0.1, 0.15) is 6.10 Å². The van der Waals surface area contributed by atoms with Crippen LogP contribution in [0.2, 0.25) is 0 Å². The Balaban J connectivity index is 2.05. The molecule has 0 radical (unpaired) electrons. The van der Waals surface area contributed by atoms with Crippen molar-refractivity contribution < 1.29 is 9.53 Å². The highest BCUT2D eigenvalue weighted by molar-refractivity contribution is 5.76. The number of carbonyl (C=O) groups excluding carboxylic acids is 1. The molecule has 3 aliphatic rings. The molecule has 2 nitrogen and oxygen atoms in total. The first-order valence-corrected chi connectivity index (χ1v) is 4.05. The first kappa shape index (κ1) is 5.16. The van der Waals surface area contributed by atoms with Crippen LogP contribution in [-0.2, 0) is 9.53 Å². The van der Waals surface area contributed by atoms with E-state index in [9.17, 15) is 4.79 Å². The third-order valence-electron chi connectivity index (χ3n) is 3.32. The third-order valence-corrected chi connectivity index (χ3v) is 3.32. The minimum absolute atomic E-state index is 0.0926. The maximum absolute atomic E-state index is 11.1. The summed E-state index contributed by atoms with van der Waals surface area (Å²) in [5.74, 6) is 1.85. The van der Waals surface area contributed by atoms with E-state index >= 15 is 0 Å². The van der Waals surface area contributed by atoms with Crippen molar-refractivity contribution in [1.29, 1.82) is 0 Å². The second-order valence-electron chi connectivity index (χ2n) is 3.82. The summed E-state index contributed by atoms with van der Waals surface area (Å²) in [5.41, 5.74) is 0. The highest BCUT2D eigenvalue weighted by Crippen LogP contribution is 2.54. The van der Waals surface area contributed by atoms with Gasteiger partial charge in [0, 0.05) is 5.92 Å². The molecule has 1 aliphatic heterocycles. The summed E-state index contributed by atoms with van der Waals surface area (Å²) >= 11 is 0. The van der Waals surface area contributed by atoms with E-state index in [1.807, 2.05) is 0 Å². The van der Waals surface area contributed by atoms with E-state index in [2.05, 4.69) is 0 Å². The van der Waals surface area contributed by atoms with Crippen LogP contribution in [0.5, 0.6) is 0 Å². The Morgan fingerprint density at radius 2 is 2.20 bits per heavy atom. The third kappa shape index (κ3) is 0.414. The van der Waals surface area contributed by atoms with E-state index < -0.39 is 0 Å². The normalized spacial score (nSPS) is 55.8. The average molecular weight is 138 g/mol. The highest BCUT2D eigenvalue weighted by Gasteiger charge is 2.56. The maximum atomic E-state index is 11.1. The fraction of sp³-hybridized carbons (Fsp3) is 0.875. The van der Waals surface area contributed by atoms with Gasteiger partial charge in [-0.25, -0.2) is 0 Å². The first-order chi connectivity index (χ1) is 4.84. The van der Waals surface area contributed by atoms with Gasteiger partial charge in [-0.2, -0.15) is 0 Å². The van der Waals surface area contributed by atoms with Crippen molar-refractivity contribution in [2.45, 2.75) is 25.4 Å². The zero-order chi connectivity index (χ0) is 6.72. The van der Waals surface area contributed by atoms with Gasteiger partial charge in [-0.1, -0.05) is 0 Å². The van der Waals surface area contributed by atoms with Gasteiger partial charge in [-0.15, -0.1) is 0 Å². The van der Waals surface area contributed by atoms with Gasteiger partial charge >= 0.3 is 5.97 Å². The van der Waals surface area contributed by atoms with Crippen LogP contribution in [0.25, 0.3) is 0 Å². The molecule has 0 aromatic heterocycles. The molecule has 0 amide bonds. The summed E-state index contributed by atoms with van der Waals surface area (Å²) in [4.78, 5) is 11.1. The van der Waals surface area contributed by atoms with E-state index in [0.29, 0.717) is 17.9 Å². The lowest BCUT2D eigenvalue weighted by Crippen LogP contribution is -2.15. The fourth-order valence-electron chi connectivity index (χ4n) is 2.93. The van der Waals surface area contributed by atoms with E-state index in [1.165, 1.54) is 6.42 Å². The van der Waals surface area contributed by atoms with Crippen molar-refractivity contribution in [3.63, 3.8) is 0 Å². The second-order valence-corrected chi connectivity index (χ2v) is 3.82. The van der Waals surface area contributed by atoms with Crippen LogP contribution < -0.4 is 0 Å². The van der Waals surface area contributed by atoms with Crippen LogP contribution in [-0.4, -0.2) is 12.1 Å². The monoisotopic (exact) mass is 138 g/mol. The van der Waals surface area contributed by atoms with Crippen LogP contribution in [0, 0.1) is 17.8 Å². The van der Waals surface area contributed by atoms with Crippen LogP contribution in [0.1, 0.15) is 19.3 Å². The number of fused-ring (bicyclic) bond motifs is 1. The maximum Gasteiger partial charge on any atom is 0.309 e. The fourth-order valence-corrected chi connectivity index (χ4v) is 2.93. The minimum Gasteiger partial charge on any atom is -0.462 e. The summed E-state index contributed by atoms with van der Waals surface area (Å²) in [7, 11) is 0. The average Bonchev–Trinajstić information content (AvgIpc) is 2.44. The molecule has 0 unspecified atom stereocenters. The largest absolute Gasteiger partial charge is 0.462 e. The van der Waals surface area contributed by atoms with Crippen molar-refractivity contribution in [2.24, 2.45) is 17.8 Å². The van der Waals surface area contributed by atoms with Gasteiger partial charge < -0.3 is 4.74 Å². The van der Waals surface area contributed by atoms with Crippen molar-refractivity contribution in [3.05, 3.63) is 0 Å². The number of hydrogen-bond acceptors (Lipinski definition) is 2. The number of esters is 1. The lowest BCUT2D eigenvalue weighted by Gasteiger charge is -2.11. The van der Waals surface area contributed by atoms with E-state index in [4.69, 9.17) is 4.74 Å². The lowest BCUT2D eigenvalue weighted by atomic mass is 9.90. The molecule has 0 aromatic carbocycles. The number of rotatable bonds is 0. The van der Waals surface area contributed by atoms with Gasteiger partial charge in [0.2, 0.25) is 0 Å². The number of hydrogen-bond donors (Lipinski definition) is 0. The molecule has 0 N–H and O–H groups in total. The van der Waals surface area contributed by atoms with Crippen LogP contribution in [0.15, 0.2) is 0 Å². The molecule has 2 saturated carbocycles. The Morgan fingerprint density at radius 3 is 2.80 bits per heavy atom. The molecular formula is C8H10O2. The van der Waals surface area contributed by atoms with E-state index in [1.54, 1.807) is 0 Å². The molecular weight excluding hydrogens is 128 g/mol. The molecule has 1 heterocycles. The second kappa shape index (κ2) is 1.39. The SMILES string of the molecule is O=C1O[C@H]2C[C@H]3C[C@@H]2[C@H]1C3. The van der Waals surface area contributed by atoms with Crippen molar-refractivity contribution >= 4 is 5.97 Å². The first-order valence-electron chi connectivity index (χ1n) is 4.05. The molecule has 3 fully saturated rings. The Kier molecular flexibility index (Phi) is 0.715. The smallest absolute Gasteiger partial charge is 0.309 e. The molecule has 2 heteroatoms. The van der Waals surface area contributed by atoms with Gasteiger partial charge in [0.05, 0.1) is 5.92 Å². The van der Waals surface area contributed by atoms with Gasteiger partial charge in [0.15, 0.2) is 0 Å². The van der Waals surface area contributed by atoms with E-state index in [-0.39, 0.29) is 5.97 Å². The highest BCUT2D eigenvalue weighted by atomic mass is 16.6. The molecule has 2 bridgehead atoms. The summed E-state index contributed by atoms with van der Waals surface area (Å²) in [6.45, 7) is 0. The van der Waals surface area contributed by atoms with Crippen LogP contribution in [0.3, 0.4) is 0 Å². The Hall–Kier alpha value is -0.530. The standard InChI is InChI=1S/C8H10O2/c9-8-6-2-4-1-5(6)7(3-4)10-8/h4-7H,1-3H2/t4-,5+,6+,7-/m0/s1. The summed E-state index contributed by atoms with van der Waals surface area (Å²) in [5, 5.41) is 0. The molecule has 2 aliphatic carbocycles. The quantitative estimate of drug-likeness (QED) is 0.466. The molecule has 10 heavy (non-hydrogen) atoms. The molecule has 0 aromatic rings. The number of carbonyl (C=O) groups is 1. The predicted octanol–water partition coefficient (Wildman–Crippen LogP) is 0.958. The Bertz CT molecular complexity index is 197. The minimum atomic E-state index is 0.0926. The van der Waals surface area contributed by atoms with Crippen molar-refractivity contribution in [1.82, 2.24) is 0 Å². The van der Waals surface area contributed by atoms with Crippen molar-refractivity contribution in [3.8, 4) is 0 Å². The molecule has 4 atom stereocenters. The van der Waals surface area contributed by atoms with Crippen molar-refractivity contribution in [2.75, 3.05) is 0 Å². The molecule has 3 rings (SSSR count). The zero-order valence-corrected chi connectivity index (χ0v) is 5.75. The molecule has 54 valence electrons. The summed E-state index contributed by atoms with van der Waals surface area (Å²) in [6, 6.07) is 0. The van der Waals surface area contributed by atoms with Gasteiger partial charge in [0.25, 0.3) is 0 Å². The summed E-state index contributed by atoms with van der Waals surface area (Å²) in [6.07, 6.45) is 3.88. The van der Waals surface area contributed by atoms with Crippen LogP contribution in [0.4, 0.5) is 0 Å². The van der Waals surface area contributed by atoms with E-state index in [0.717, 1.165) is 18.8 Å². The predicted molar refractivity (Wildman–Crippen MR) is 34.2 cm³/mol. The lowest BCUT2D eigenvalue weighted by molar-refractivity contribution is -0.143. The molecule has 0 spiro atoms. The van der Waals surface area contributed by atoms with Gasteiger partial charge in [-0.3, -0.25) is 4.79 Å². The Labute approximate surface area is 59.6 Å². The zero-order valence-electron chi connectivity index (χ0n) is 5.75. The molecule has 1 saturated heterocycles. The topological polar surface area (TPSA) is 26.3 Å². The summed E-state index contributed by atoms with van der Waals surface area (Å²) < 4.78 is 5.20. The number of ether oxygens (including phenoxy) is 1. The van der Waals surface area contributed by atoms with Gasteiger partial charge in [-0.05, 0) is 25.2 Å². The Morgan fingerprint density at radius 1 is 1.30 bits per heavy atom.